The van der Waals surface area contributed by atoms with E-state index in [-0.39, 0.29) is 31.2 Å². The summed E-state index contributed by atoms with van der Waals surface area (Å²) >= 11 is 0. The van der Waals surface area contributed by atoms with Crippen molar-refractivity contribution < 1.29 is 32.5 Å². The number of hydrogen-bond acceptors (Lipinski definition) is 5. The van der Waals surface area contributed by atoms with E-state index in [0.717, 1.165) is 12.1 Å². The Morgan fingerprint density at radius 1 is 1.11 bits per heavy atom. The number of benzene rings is 2. The van der Waals surface area contributed by atoms with Gasteiger partial charge in [0.15, 0.2) is 23.1 Å². The fourth-order valence-corrected chi connectivity index (χ4v) is 2.97. The van der Waals surface area contributed by atoms with Gasteiger partial charge in [0.2, 0.25) is 6.79 Å². The Bertz CT molecular complexity index is 860. The number of carbonyl (C=O) groups is 1. The van der Waals surface area contributed by atoms with Crippen LogP contribution in [-0.2, 0) is 4.74 Å². The fraction of sp³-hybridized carbons (Fsp3) is 0.316. The highest BCUT2D eigenvalue weighted by molar-refractivity contribution is 5.95. The van der Waals surface area contributed by atoms with E-state index in [0.29, 0.717) is 36.8 Å². The lowest BCUT2D eigenvalue weighted by Gasteiger charge is -2.33. The molecule has 1 amide bonds. The number of amides is 1. The van der Waals surface area contributed by atoms with Crippen molar-refractivity contribution in [2.75, 3.05) is 33.1 Å². The Kier molecular flexibility index (Phi) is 4.81. The van der Waals surface area contributed by atoms with Crippen LogP contribution in [0.5, 0.6) is 17.2 Å². The van der Waals surface area contributed by atoms with Crippen LogP contribution in [0, 0.1) is 11.6 Å². The number of morpholine rings is 1. The Balaban J connectivity index is 1.37. The Hall–Kier alpha value is -2.87. The molecule has 0 aliphatic carbocycles. The van der Waals surface area contributed by atoms with E-state index >= 15 is 0 Å². The van der Waals surface area contributed by atoms with E-state index < -0.39 is 11.6 Å². The van der Waals surface area contributed by atoms with Gasteiger partial charge in [0.1, 0.15) is 18.5 Å². The zero-order valence-corrected chi connectivity index (χ0v) is 14.3. The summed E-state index contributed by atoms with van der Waals surface area (Å²) in [5.74, 6) is -0.682. The van der Waals surface area contributed by atoms with Crippen LogP contribution in [-0.4, -0.2) is 50.0 Å². The van der Waals surface area contributed by atoms with Crippen molar-refractivity contribution in [1.29, 1.82) is 0 Å². The number of rotatable bonds is 4. The summed E-state index contributed by atoms with van der Waals surface area (Å²) in [6.45, 7) is 1.41. The third-order valence-electron chi connectivity index (χ3n) is 4.37. The van der Waals surface area contributed by atoms with E-state index in [1.165, 1.54) is 6.07 Å². The highest BCUT2D eigenvalue weighted by atomic mass is 19.2. The molecule has 6 nitrogen and oxygen atoms in total. The summed E-state index contributed by atoms with van der Waals surface area (Å²) in [6, 6.07) is 8.39. The van der Waals surface area contributed by atoms with Crippen molar-refractivity contribution in [3.05, 3.63) is 53.6 Å². The first-order valence-corrected chi connectivity index (χ1v) is 8.48. The molecule has 0 aromatic heterocycles. The molecule has 0 radical (unpaired) electrons. The van der Waals surface area contributed by atoms with Crippen LogP contribution in [0.3, 0.4) is 0 Å². The zero-order chi connectivity index (χ0) is 18.8. The van der Waals surface area contributed by atoms with Gasteiger partial charge in [0.05, 0.1) is 13.2 Å². The topological polar surface area (TPSA) is 57.2 Å². The van der Waals surface area contributed by atoms with Gasteiger partial charge in [-0.05, 0) is 30.3 Å². The van der Waals surface area contributed by atoms with Gasteiger partial charge in [-0.15, -0.1) is 0 Å². The first-order valence-electron chi connectivity index (χ1n) is 8.48. The fourth-order valence-electron chi connectivity index (χ4n) is 2.97. The van der Waals surface area contributed by atoms with Crippen molar-refractivity contribution in [1.82, 2.24) is 4.90 Å². The van der Waals surface area contributed by atoms with Crippen molar-refractivity contribution >= 4 is 5.91 Å². The van der Waals surface area contributed by atoms with Crippen LogP contribution in [0.2, 0.25) is 0 Å². The van der Waals surface area contributed by atoms with Gasteiger partial charge in [-0.1, -0.05) is 0 Å². The number of carbonyl (C=O) groups excluding carboxylic acids is 1. The molecule has 2 aliphatic rings. The zero-order valence-electron chi connectivity index (χ0n) is 14.3. The Labute approximate surface area is 154 Å². The molecule has 2 aromatic rings. The molecule has 27 heavy (non-hydrogen) atoms. The van der Waals surface area contributed by atoms with E-state index in [1.54, 1.807) is 23.1 Å². The molecule has 2 aliphatic heterocycles. The monoisotopic (exact) mass is 377 g/mol. The Morgan fingerprint density at radius 2 is 1.96 bits per heavy atom. The SMILES string of the molecule is O=C(c1ccc2c(c1)OCO2)N1CCOC(COc2ccc(F)c(F)c2)C1. The second-order valence-corrected chi connectivity index (χ2v) is 6.20. The number of hydrogen-bond donors (Lipinski definition) is 0. The van der Waals surface area contributed by atoms with Crippen LogP contribution in [0.15, 0.2) is 36.4 Å². The van der Waals surface area contributed by atoms with E-state index in [9.17, 15) is 13.6 Å². The molecule has 1 atom stereocenters. The minimum atomic E-state index is -0.975. The molecule has 0 saturated carbocycles. The smallest absolute Gasteiger partial charge is 0.254 e. The molecule has 0 spiro atoms. The lowest BCUT2D eigenvalue weighted by Crippen LogP contribution is -2.47. The highest BCUT2D eigenvalue weighted by Gasteiger charge is 2.27. The molecule has 8 heteroatoms. The molecular formula is C19H17F2NO5. The maximum atomic E-state index is 13.2. The van der Waals surface area contributed by atoms with Crippen molar-refractivity contribution in [2.24, 2.45) is 0 Å². The third-order valence-corrected chi connectivity index (χ3v) is 4.37. The van der Waals surface area contributed by atoms with E-state index in [4.69, 9.17) is 18.9 Å². The maximum absolute atomic E-state index is 13.2. The number of fused-ring (bicyclic) bond motifs is 1. The highest BCUT2D eigenvalue weighted by Crippen LogP contribution is 2.33. The molecule has 142 valence electrons. The lowest BCUT2D eigenvalue weighted by atomic mass is 10.1. The second-order valence-electron chi connectivity index (χ2n) is 6.20. The normalized spacial score (nSPS) is 18.4. The number of ether oxygens (including phenoxy) is 4. The summed E-state index contributed by atoms with van der Waals surface area (Å²) in [6.07, 6.45) is -0.371. The van der Waals surface area contributed by atoms with Crippen molar-refractivity contribution in [3.63, 3.8) is 0 Å². The van der Waals surface area contributed by atoms with Crippen molar-refractivity contribution in [3.8, 4) is 17.2 Å². The number of nitrogens with zero attached hydrogens (tertiary/aromatic N) is 1. The predicted octanol–water partition coefficient (Wildman–Crippen LogP) is 2.61. The third kappa shape index (κ3) is 3.80. The summed E-state index contributed by atoms with van der Waals surface area (Å²) in [5.41, 5.74) is 0.501. The minimum Gasteiger partial charge on any atom is -0.491 e. The van der Waals surface area contributed by atoms with Gasteiger partial charge in [0, 0.05) is 18.2 Å². The Morgan fingerprint density at radius 3 is 2.81 bits per heavy atom. The molecule has 4 rings (SSSR count). The standard InChI is InChI=1S/C19H17F2NO5/c20-15-3-2-13(8-16(15)21)25-10-14-9-22(5-6-24-14)19(23)12-1-4-17-18(7-12)27-11-26-17/h1-4,7-8,14H,5-6,9-11H2. The molecule has 2 aromatic carbocycles. The average Bonchev–Trinajstić information content (AvgIpc) is 3.16. The van der Waals surface area contributed by atoms with Gasteiger partial charge >= 0.3 is 0 Å². The number of halogens is 2. The average molecular weight is 377 g/mol. The minimum absolute atomic E-state index is 0.121. The summed E-state index contributed by atoms with van der Waals surface area (Å²) in [5, 5.41) is 0. The van der Waals surface area contributed by atoms with Crippen LogP contribution in [0.25, 0.3) is 0 Å². The quantitative estimate of drug-likeness (QED) is 0.820. The lowest BCUT2D eigenvalue weighted by molar-refractivity contribution is -0.0401. The van der Waals surface area contributed by atoms with Crippen LogP contribution in [0.4, 0.5) is 8.78 Å². The molecule has 1 fully saturated rings. The molecule has 1 unspecified atom stereocenters. The van der Waals surface area contributed by atoms with Crippen LogP contribution in [0.1, 0.15) is 10.4 Å². The first-order chi connectivity index (χ1) is 13.1. The second kappa shape index (κ2) is 7.40. The van der Waals surface area contributed by atoms with Crippen LogP contribution >= 0.6 is 0 Å². The van der Waals surface area contributed by atoms with Gasteiger partial charge in [-0.2, -0.15) is 0 Å². The maximum Gasteiger partial charge on any atom is 0.254 e. The molecular weight excluding hydrogens is 360 g/mol. The van der Waals surface area contributed by atoms with Crippen molar-refractivity contribution in [2.45, 2.75) is 6.10 Å². The molecule has 2 heterocycles. The summed E-state index contributed by atoms with van der Waals surface area (Å²) in [7, 11) is 0. The van der Waals surface area contributed by atoms with Gasteiger partial charge in [-0.25, -0.2) is 8.78 Å². The molecule has 0 N–H and O–H groups in total. The molecule has 0 bridgehead atoms. The van der Waals surface area contributed by atoms with E-state index in [2.05, 4.69) is 0 Å². The first kappa shape index (κ1) is 17.5. The van der Waals surface area contributed by atoms with Gasteiger partial charge in [-0.3, -0.25) is 4.79 Å². The van der Waals surface area contributed by atoms with E-state index in [1.807, 2.05) is 0 Å². The van der Waals surface area contributed by atoms with Crippen LogP contribution < -0.4 is 14.2 Å². The largest absolute Gasteiger partial charge is 0.491 e. The summed E-state index contributed by atoms with van der Waals surface area (Å²) < 4.78 is 47.8. The summed E-state index contributed by atoms with van der Waals surface area (Å²) in [4.78, 5) is 14.4. The van der Waals surface area contributed by atoms with Gasteiger partial charge < -0.3 is 23.8 Å². The van der Waals surface area contributed by atoms with Gasteiger partial charge in [0.25, 0.3) is 5.91 Å². The predicted molar refractivity (Wildman–Crippen MR) is 90.1 cm³/mol. The molecule has 1 saturated heterocycles.